The lowest BCUT2D eigenvalue weighted by atomic mass is 9.93. The van der Waals surface area contributed by atoms with E-state index in [1.165, 1.54) is 30.3 Å². The number of carboxylic acid groups (broad SMARTS) is 1. The van der Waals surface area contributed by atoms with Gasteiger partial charge in [-0.2, -0.15) is 0 Å². The Morgan fingerprint density at radius 1 is 1.09 bits per heavy atom. The molecule has 2 rings (SSSR count). The zero-order valence-electron chi connectivity index (χ0n) is 11.6. The smallest absolute Gasteiger partial charge is 0.478 e. The van der Waals surface area contributed by atoms with Gasteiger partial charge in [0.25, 0.3) is 0 Å². The summed E-state index contributed by atoms with van der Waals surface area (Å²) in [5.74, 6) is -1.47. The molecule has 0 aliphatic heterocycles. The van der Waals surface area contributed by atoms with Crippen molar-refractivity contribution in [1.82, 2.24) is 0 Å². The summed E-state index contributed by atoms with van der Waals surface area (Å²) < 4.78 is 41.6. The van der Waals surface area contributed by atoms with Crippen molar-refractivity contribution < 1.29 is 27.8 Å². The summed E-state index contributed by atoms with van der Waals surface area (Å²) in [4.78, 5) is 11.3. The third kappa shape index (κ3) is 3.39. The van der Waals surface area contributed by atoms with Gasteiger partial charge in [-0.05, 0) is 29.7 Å². The molecule has 0 aromatic heterocycles. The van der Waals surface area contributed by atoms with Crippen LogP contribution in [0.2, 0.25) is 0 Å². The molecule has 0 unspecified atom stereocenters. The predicted octanol–water partition coefficient (Wildman–Crippen LogP) is 4.51. The minimum absolute atomic E-state index is 0.0711. The van der Waals surface area contributed by atoms with Gasteiger partial charge in [0.05, 0.1) is 5.56 Å². The fourth-order valence-electron chi connectivity index (χ4n) is 2.32. The molecule has 0 saturated heterocycles. The monoisotopic (exact) mass is 310 g/mol. The molecule has 0 saturated carbocycles. The molecule has 6 heteroatoms. The van der Waals surface area contributed by atoms with E-state index < -0.39 is 12.3 Å². The third-order valence-corrected chi connectivity index (χ3v) is 3.16. The normalized spacial score (nSPS) is 11.3. The summed E-state index contributed by atoms with van der Waals surface area (Å²) in [7, 11) is 0. The number of ether oxygens (including phenoxy) is 1. The van der Waals surface area contributed by atoms with E-state index in [-0.39, 0.29) is 16.9 Å². The summed E-state index contributed by atoms with van der Waals surface area (Å²) >= 11 is 0. The molecule has 2 aromatic rings. The van der Waals surface area contributed by atoms with Crippen LogP contribution in [0.5, 0.6) is 5.75 Å². The minimum atomic E-state index is -4.81. The highest BCUT2D eigenvalue weighted by atomic mass is 19.4. The number of aromatic carboxylic acids is 1. The van der Waals surface area contributed by atoms with Crippen molar-refractivity contribution >= 4 is 5.97 Å². The standard InChI is InChI=1S/C16H13F3O3/c1-2-10-11(7-5-8-13(10)15(20)21)12-6-3-4-9-14(12)22-16(17,18)19/h3-9H,2H2,1H3,(H,20,21). The number of hydrogen-bond acceptors (Lipinski definition) is 2. The SMILES string of the molecule is CCc1c(C(=O)O)cccc1-c1ccccc1OC(F)(F)F. The lowest BCUT2D eigenvalue weighted by molar-refractivity contribution is -0.274. The Kier molecular flexibility index (Phi) is 4.40. The van der Waals surface area contributed by atoms with Crippen molar-refractivity contribution in [1.29, 1.82) is 0 Å². The number of rotatable bonds is 4. The van der Waals surface area contributed by atoms with Gasteiger partial charge < -0.3 is 9.84 Å². The predicted molar refractivity (Wildman–Crippen MR) is 74.9 cm³/mol. The molecule has 3 nitrogen and oxygen atoms in total. The Morgan fingerprint density at radius 2 is 1.73 bits per heavy atom. The highest BCUT2D eigenvalue weighted by molar-refractivity contribution is 5.92. The molecule has 0 fully saturated rings. The molecule has 1 N–H and O–H groups in total. The fourth-order valence-corrected chi connectivity index (χ4v) is 2.32. The summed E-state index contributed by atoms with van der Waals surface area (Å²) in [5, 5.41) is 9.21. The average Bonchev–Trinajstić information content (AvgIpc) is 2.45. The Hall–Kier alpha value is -2.50. The molecular formula is C16H13F3O3. The Balaban J connectivity index is 2.62. The van der Waals surface area contributed by atoms with E-state index in [2.05, 4.69) is 4.74 Å². The van der Waals surface area contributed by atoms with Gasteiger partial charge in [0.2, 0.25) is 0 Å². The molecule has 0 amide bonds. The molecule has 22 heavy (non-hydrogen) atoms. The van der Waals surface area contributed by atoms with E-state index in [1.807, 2.05) is 0 Å². The van der Waals surface area contributed by atoms with Crippen LogP contribution in [-0.2, 0) is 6.42 Å². The summed E-state index contributed by atoms with van der Waals surface area (Å²) in [5.41, 5.74) is 1.16. The number of para-hydroxylation sites is 1. The van der Waals surface area contributed by atoms with Crippen LogP contribution in [0, 0.1) is 0 Å². The van der Waals surface area contributed by atoms with E-state index in [0.717, 1.165) is 0 Å². The average molecular weight is 310 g/mol. The Bertz CT molecular complexity index is 693. The van der Waals surface area contributed by atoms with E-state index in [1.54, 1.807) is 19.1 Å². The van der Waals surface area contributed by atoms with Crippen molar-refractivity contribution in [3.05, 3.63) is 53.6 Å². The van der Waals surface area contributed by atoms with Crippen molar-refractivity contribution in [3.8, 4) is 16.9 Å². The second kappa shape index (κ2) is 6.09. The van der Waals surface area contributed by atoms with Crippen molar-refractivity contribution in [2.24, 2.45) is 0 Å². The van der Waals surface area contributed by atoms with Crippen molar-refractivity contribution in [2.75, 3.05) is 0 Å². The molecule has 0 bridgehead atoms. The molecule has 0 radical (unpaired) electrons. The molecule has 2 aromatic carbocycles. The van der Waals surface area contributed by atoms with Gasteiger partial charge in [0.15, 0.2) is 0 Å². The number of alkyl halides is 3. The number of carboxylic acids is 1. The van der Waals surface area contributed by atoms with E-state index in [4.69, 9.17) is 0 Å². The maximum absolute atomic E-state index is 12.5. The lowest BCUT2D eigenvalue weighted by Crippen LogP contribution is -2.17. The first-order valence-electron chi connectivity index (χ1n) is 6.53. The quantitative estimate of drug-likeness (QED) is 0.903. The molecule has 116 valence electrons. The number of benzene rings is 2. The molecule has 0 spiro atoms. The fraction of sp³-hybridized carbons (Fsp3) is 0.188. The maximum atomic E-state index is 12.5. The van der Waals surface area contributed by atoms with Crippen LogP contribution in [0.3, 0.4) is 0 Å². The first-order chi connectivity index (χ1) is 10.3. The number of carbonyl (C=O) groups is 1. The number of hydrogen-bond donors (Lipinski definition) is 1. The largest absolute Gasteiger partial charge is 0.573 e. The summed E-state index contributed by atoms with van der Waals surface area (Å²) in [6.07, 6.45) is -4.44. The van der Waals surface area contributed by atoms with Crippen LogP contribution in [0.15, 0.2) is 42.5 Å². The second-order valence-corrected chi connectivity index (χ2v) is 4.53. The molecule has 0 heterocycles. The van der Waals surface area contributed by atoms with E-state index in [0.29, 0.717) is 17.5 Å². The summed E-state index contributed by atoms with van der Waals surface area (Å²) in [6.45, 7) is 1.75. The minimum Gasteiger partial charge on any atom is -0.478 e. The highest BCUT2D eigenvalue weighted by Gasteiger charge is 2.32. The first kappa shape index (κ1) is 15.9. The first-order valence-corrected chi connectivity index (χ1v) is 6.53. The van der Waals surface area contributed by atoms with Crippen LogP contribution < -0.4 is 4.74 Å². The maximum Gasteiger partial charge on any atom is 0.573 e. The second-order valence-electron chi connectivity index (χ2n) is 4.53. The highest BCUT2D eigenvalue weighted by Crippen LogP contribution is 2.36. The zero-order chi connectivity index (χ0) is 16.3. The molecule has 0 aliphatic rings. The molecule has 0 atom stereocenters. The molecule has 0 aliphatic carbocycles. The summed E-state index contributed by atoms with van der Waals surface area (Å²) in [6, 6.07) is 10.2. The topological polar surface area (TPSA) is 46.5 Å². The molecular weight excluding hydrogens is 297 g/mol. The van der Waals surface area contributed by atoms with Gasteiger partial charge in [0.1, 0.15) is 5.75 Å². The van der Waals surface area contributed by atoms with Gasteiger partial charge in [-0.15, -0.1) is 13.2 Å². The van der Waals surface area contributed by atoms with Crippen molar-refractivity contribution in [3.63, 3.8) is 0 Å². The van der Waals surface area contributed by atoms with Gasteiger partial charge in [-0.25, -0.2) is 4.79 Å². The van der Waals surface area contributed by atoms with E-state index >= 15 is 0 Å². The van der Waals surface area contributed by atoms with Gasteiger partial charge >= 0.3 is 12.3 Å². The van der Waals surface area contributed by atoms with E-state index in [9.17, 15) is 23.1 Å². The Morgan fingerprint density at radius 3 is 2.32 bits per heavy atom. The lowest BCUT2D eigenvalue weighted by Gasteiger charge is -2.16. The third-order valence-electron chi connectivity index (χ3n) is 3.16. The number of halogens is 3. The Labute approximate surface area is 125 Å². The van der Waals surface area contributed by atoms with Crippen LogP contribution in [0.1, 0.15) is 22.8 Å². The van der Waals surface area contributed by atoms with Gasteiger partial charge in [-0.3, -0.25) is 0 Å². The van der Waals surface area contributed by atoms with Crippen molar-refractivity contribution in [2.45, 2.75) is 19.7 Å². The van der Waals surface area contributed by atoms with Gasteiger partial charge in [-0.1, -0.05) is 37.3 Å². The van der Waals surface area contributed by atoms with Gasteiger partial charge in [0, 0.05) is 5.56 Å². The van der Waals surface area contributed by atoms with Crippen LogP contribution in [0.4, 0.5) is 13.2 Å². The van der Waals surface area contributed by atoms with Crippen LogP contribution in [0.25, 0.3) is 11.1 Å². The zero-order valence-corrected chi connectivity index (χ0v) is 11.6. The van der Waals surface area contributed by atoms with Crippen LogP contribution in [-0.4, -0.2) is 17.4 Å². The van der Waals surface area contributed by atoms with Crippen LogP contribution >= 0.6 is 0 Å².